The molecule has 60 valence electrons. The lowest BCUT2D eigenvalue weighted by Crippen LogP contribution is -1.96. The normalized spacial score (nSPS) is 10.1. The van der Waals surface area contributed by atoms with Crippen molar-refractivity contribution in [3.63, 3.8) is 0 Å². The largest absolute Gasteiger partial charge is 0.261 e. The first-order valence-corrected chi connectivity index (χ1v) is 4.32. The molecule has 0 saturated heterocycles. The molecule has 1 aromatic heterocycles. The molecule has 0 aliphatic rings. The van der Waals surface area contributed by atoms with Gasteiger partial charge in [-0.25, -0.2) is 0 Å². The summed E-state index contributed by atoms with van der Waals surface area (Å²) in [7, 11) is 0. The Labute approximate surface area is 72.4 Å². The van der Waals surface area contributed by atoms with E-state index in [9.17, 15) is 0 Å². The van der Waals surface area contributed by atoms with E-state index in [0.29, 0.717) is 5.88 Å². The first-order valence-electron chi connectivity index (χ1n) is 3.79. The molecule has 0 fully saturated rings. The molecule has 0 bridgehead atoms. The summed E-state index contributed by atoms with van der Waals surface area (Å²) in [4.78, 5) is 4.24. The molecule has 1 aromatic rings. The van der Waals surface area contributed by atoms with Crippen LogP contribution >= 0.6 is 11.6 Å². The van der Waals surface area contributed by atoms with Gasteiger partial charge in [-0.2, -0.15) is 0 Å². The molecule has 1 nitrogen and oxygen atoms in total. The van der Waals surface area contributed by atoms with E-state index in [1.165, 1.54) is 11.1 Å². The highest BCUT2D eigenvalue weighted by Crippen LogP contribution is 2.14. The Kier molecular flexibility index (Phi) is 2.89. The van der Waals surface area contributed by atoms with Crippen LogP contribution in [0.5, 0.6) is 0 Å². The van der Waals surface area contributed by atoms with E-state index in [1.807, 2.05) is 12.3 Å². The van der Waals surface area contributed by atoms with Crippen LogP contribution in [0, 0.1) is 6.92 Å². The Balaban J connectivity index is 3.13. The van der Waals surface area contributed by atoms with Crippen LogP contribution in [0.2, 0.25) is 0 Å². The topological polar surface area (TPSA) is 12.9 Å². The second-order valence-corrected chi connectivity index (χ2v) is 2.81. The number of halogens is 1. The van der Waals surface area contributed by atoms with Crippen molar-refractivity contribution in [2.24, 2.45) is 0 Å². The van der Waals surface area contributed by atoms with Gasteiger partial charge in [-0.3, -0.25) is 4.98 Å². The summed E-state index contributed by atoms with van der Waals surface area (Å²) in [5.41, 5.74) is 3.56. The summed E-state index contributed by atoms with van der Waals surface area (Å²) in [5.74, 6) is 0.572. The third-order valence-corrected chi connectivity index (χ3v) is 2.12. The summed E-state index contributed by atoms with van der Waals surface area (Å²) in [6.45, 7) is 4.16. The molecular weight excluding hydrogens is 158 g/mol. The van der Waals surface area contributed by atoms with E-state index < -0.39 is 0 Å². The van der Waals surface area contributed by atoms with Crippen molar-refractivity contribution in [1.82, 2.24) is 4.98 Å². The van der Waals surface area contributed by atoms with Crippen molar-refractivity contribution in [2.45, 2.75) is 26.1 Å². The van der Waals surface area contributed by atoms with Crippen LogP contribution in [-0.4, -0.2) is 4.98 Å². The van der Waals surface area contributed by atoms with E-state index in [2.05, 4.69) is 18.8 Å². The fourth-order valence-electron chi connectivity index (χ4n) is 1.13. The molecule has 0 saturated carbocycles. The van der Waals surface area contributed by atoms with Crippen LogP contribution in [-0.2, 0) is 12.3 Å². The third kappa shape index (κ3) is 1.72. The van der Waals surface area contributed by atoms with Crippen LogP contribution in [0.25, 0.3) is 0 Å². The minimum atomic E-state index is 0.572. The molecule has 2 heteroatoms. The maximum atomic E-state index is 5.78. The lowest BCUT2D eigenvalue weighted by atomic mass is 10.1. The van der Waals surface area contributed by atoms with Crippen molar-refractivity contribution in [2.75, 3.05) is 0 Å². The standard InChI is InChI=1S/C9H12ClN/c1-3-9-8(6-10)7(2)4-5-11-9/h4-5H,3,6H2,1-2H3. The number of aromatic nitrogens is 1. The first-order chi connectivity index (χ1) is 5.29. The molecular formula is C9H12ClN. The molecule has 11 heavy (non-hydrogen) atoms. The maximum absolute atomic E-state index is 5.78. The van der Waals surface area contributed by atoms with Gasteiger partial charge in [0.2, 0.25) is 0 Å². The summed E-state index contributed by atoms with van der Waals surface area (Å²) in [5, 5.41) is 0. The zero-order valence-corrected chi connectivity index (χ0v) is 7.65. The molecule has 0 aliphatic heterocycles. The smallest absolute Gasteiger partial charge is 0.0494 e. The highest BCUT2D eigenvalue weighted by atomic mass is 35.5. The summed E-state index contributed by atoms with van der Waals surface area (Å²) in [6, 6.07) is 2.00. The van der Waals surface area contributed by atoms with Gasteiger partial charge in [0, 0.05) is 17.8 Å². The highest BCUT2D eigenvalue weighted by molar-refractivity contribution is 6.17. The Morgan fingerprint density at radius 3 is 2.73 bits per heavy atom. The molecule has 0 radical (unpaired) electrons. The summed E-state index contributed by atoms with van der Waals surface area (Å²) >= 11 is 5.78. The summed E-state index contributed by atoms with van der Waals surface area (Å²) in [6.07, 6.45) is 2.80. The molecule has 0 aromatic carbocycles. The van der Waals surface area contributed by atoms with Crippen LogP contribution in [0.1, 0.15) is 23.7 Å². The van der Waals surface area contributed by atoms with Crippen LogP contribution in [0.3, 0.4) is 0 Å². The Bertz CT molecular complexity index is 245. The van der Waals surface area contributed by atoms with Crippen molar-refractivity contribution in [3.8, 4) is 0 Å². The van der Waals surface area contributed by atoms with Gasteiger partial charge in [-0.15, -0.1) is 11.6 Å². The quantitative estimate of drug-likeness (QED) is 0.621. The molecule has 0 spiro atoms. The third-order valence-electron chi connectivity index (χ3n) is 1.85. The maximum Gasteiger partial charge on any atom is 0.0494 e. The number of hydrogen-bond donors (Lipinski definition) is 0. The fraction of sp³-hybridized carbons (Fsp3) is 0.444. The number of nitrogens with zero attached hydrogens (tertiary/aromatic N) is 1. The van der Waals surface area contributed by atoms with E-state index >= 15 is 0 Å². The monoisotopic (exact) mass is 169 g/mol. The van der Waals surface area contributed by atoms with E-state index in [0.717, 1.165) is 12.1 Å². The number of alkyl halides is 1. The zero-order valence-electron chi connectivity index (χ0n) is 6.89. The van der Waals surface area contributed by atoms with Gasteiger partial charge in [0.15, 0.2) is 0 Å². The van der Waals surface area contributed by atoms with E-state index in [-0.39, 0.29) is 0 Å². The first kappa shape index (κ1) is 8.54. The molecule has 1 heterocycles. The predicted octanol–water partition coefficient (Wildman–Crippen LogP) is 2.69. The number of pyridine rings is 1. The Morgan fingerprint density at radius 1 is 1.55 bits per heavy atom. The second kappa shape index (κ2) is 3.72. The van der Waals surface area contributed by atoms with Crippen molar-refractivity contribution >= 4 is 11.6 Å². The van der Waals surface area contributed by atoms with E-state index in [4.69, 9.17) is 11.6 Å². The van der Waals surface area contributed by atoms with Gasteiger partial charge in [0.05, 0.1) is 0 Å². The predicted molar refractivity (Wildman–Crippen MR) is 47.9 cm³/mol. The number of aryl methyl sites for hydroxylation is 2. The SMILES string of the molecule is CCc1nccc(C)c1CCl. The highest BCUT2D eigenvalue weighted by Gasteiger charge is 2.02. The lowest BCUT2D eigenvalue weighted by Gasteiger charge is -2.05. The van der Waals surface area contributed by atoms with Gasteiger partial charge in [0.25, 0.3) is 0 Å². The van der Waals surface area contributed by atoms with Gasteiger partial charge in [-0.1, -0.05) is 6.92 Å². The second-order valence-electron chi connectivity index (χ2n) is 2.54. The van der Waals surface area contributed by atoms with Crippen molar-refractivity contribution in [1.29, 1.82) is 0 Å². The van der Waals surface area contributed by atoms with Gasteiger partial charge < -0.3 is 0 Å². The Hall–Kier alpha value is -0.560. The average molecular weight is 170 g/mol. The lowest BCUT2D eigenvalue weighted by molar-refractivity contribution is 0.988. The van der Waals surface area contributed by atoms with Crippen molar-refractivity contribution in [3.05, 3.63) is 29.1 Å². The number of hydrogen-bond acceptors (Lipinski definition) is 1. The minimum absolute atomic E-state index is 0.572. The minimum Gasteiger partial charge on any atom is -0.261 e. The molecule has 0 amide bonds. The van der Waals surface area contributed by atoms with Crippen molar-refractivity contribution < 1.29 is 0 Å². The fourth-order valence-corrected chi connectivity index (χ4v) is 1.50. The molecule has 1 rings (SSSR count). The van der Waals surface area contributed by atoms with Crippen LogP contribution in [0.4, 0.5) is 0 Å². The number of rotatable bonds is 2. The molecule has 0 N–H and O–H groups in total. The molecule has 0 atom stereocenters. The summed E-state index contributed by atoms with van der Waals surface area (Å²) < 4.78 is 0. The van der Waals surface area contributed by atoms with Crippen LogP contribution < -0.4 is 0 Å². The average Bonchev–Trinajstić information content (AvgIpc) is 2.04. The van der Waals surface area contributed by atoms with Crippen LogP contribution in [0.15, 0.2) is 12.3 Å². The molecule has 0 unspecified atom stereocenters. The van der Waals surface area contributed by atoms with Gasteiger partial charge in [-0.05, 0) is 30.5 Å². The zero-order chi connectivity index (χ0) is 8.27. The van der Waals surface area contributed by atoms with Gasteiger partial charge >= 0.3 is 0 Å². The van der Waals surface area contributed by atoms with Gasteiger partial charge in [0.1, 0.15) is 0 Å². The Morgan fingerprint density at radius 2 is 2.27 bits per heavy atom. The van der Waals surface area contributed by atoms with E-state index in [1.54, 1.807) is 0 Å². The molecule has 0 aliphatic carbocycles.